The van der Waals surface area contributed by atoms with Crippen molar-refractivity contribution in [2.75, 3.05) is 31.1 Å². The molecule has 6 nitrogen and oxygen atoms in total. The Labute approximate surface area is 136 Å². The van der Waals surface area contributed by atoms with Crippen LogP contribution in [-0.4, -0.2) is 51.9 Å². The van der Waals surface area contributed by atoms with Gasteiger partial charge in [-0.25, -0.2) is 9.97 Å². The zero-order chi connectivity index (χ0) is 17.2. The van der Waals surface area contributed by atoms with Crippen LogP contribution in [0.5, 0.6) is 0 Å². The normalized spacial score (nSPS) is 15.5. The van der Waals surface area contributed by atoms with Gasteiger partial charge in [-0.1, -0.05) is 0 Å². The smallest absolute Gasteiger partial charge is 0.337 e. The molecule has 126 valence electrons. The molecular formula is C15H14F3N5O. The van der Waals surface area contributed by atoms with Crippen molar-refractivity contribution in [1.82, 2.24) is 19.9 Å². The SMILES string of the molecule is O=C(c1cccnc1)N1CCN(c2ncc(C(F)(F)F)cn2)CC1. The average molecular weight is 337 g/mol. The highest BCUT2D eigenvalue weighted by atomic mass is 19.4. The van der Waals surface area contributed by atoms with Crippen LogP contribution in [-0.2, 0) is 6.18 Å². The molecule has 0 unspecified atom stereocenters. The van der Waals surface area contributed by atoms with Gasteiger partial charge in [0, 0.05) is 51.0 Å². The van der Waals surface area contributed by atoms with E-state index in [9.17, 15) is 18.0 Å². The molecule has 1 aliphatic heterocycles. The molecule has 9 heteroatoms. The van der Waals surface area contributed by atoms with Gasteiger partial charge in [0.2, 0.25) is 5.95 Å². The molecule has 0 saturated carbocycles. The summed E-state index contributed by atoms with van der Waals surface area (Å²) in [5.41, 5.74) is -0.367. The summed E-state index contributed by atoms with van der Waals surface area (Å²) in [6.45, 7) is 1.80. The summed E-state index contributed by atoms with van der Waals surface area (Å²) >= 11 is 0. The molecule has 1 amide bonds. The zero-order valence-corrected chi connectivity index (χ0v) is 12.6. The molecule has 1 fully saturated rings. The molecule has 0 spiro atoms. The first-order valence-corrected chi connectivity index (χ1v) is 7.28. The lowest BCUT2D eigenvalue weighted by Crippen LogP contribution is -2.49. The number of aromatic nitrogens is 3. The van der Waals surface area contributed by atoms with E-state index >= 15 is 0 Å². The predicted octanol–water partition coefficient (Wildman–Crippen LogP) is 1.85. The monoisotopic (exact) mass is 337 g/mol. The molecule has 3 rings (SSSR count). The second-order valence-electron chi connectivity index (χ2n) is 5.29. The first-order chi connectivity index (χ1) is 11.4. The fourth-order valence-corrected chi connectivity index (χ4v) is 2.41. The van der Waals surface area contributed by atoms with Crippen LogP contribution in [0, 0.1) is 0 Å². The molecule has 2 aromatic rings. The van der Waals surface area contributed by atoms with Gasteiger partial charge in [-0.05, 0) is 12.1 Å². The fraction of sp³-hybridized carbons (Fsp3) is 0.333. The minimum atomic E-state index is -4.45. The van der Waals surface area contributed by atoms with Crippen molar-refractivity contribution in [2.24, 2.45) is 0 Å². The van der Waals surface area contributed by atoms with Gasteiger partial charge < -0.3 is 9.80 Å². The van der Waals surface area contributed by atoms with Gasteiger partial charge in [-0.15, -0.1) is 0 Å². The summed E-state index contributed by atoms with van der Waals surface area (Å²) < 4.78 is 37.6. The second kappa shape index (κ2) is 6.42. The second-order valence-corrected chi connectivity index (χ2v) is 5.29. The molecule has 24 heavy (non-hydrogen) atoms. The van der Waals surface area contributed by atoms with Crippen LogP contribution in [0.1, 0.15) is 15.9 Å². The first kappa shape index (κ1) is 16.2. The fourth-order valence-electron chi connectivity index (χ4n) is 2.41. The van der Waals surface area contributed by atoms with Crippen LogP contribution in [0.15, 0.2) is 36.9 Å². The third kappa shape index (κ3) is 3.44. The molecule has 1 aliphatic rings. The number of hydrogen-bond acceptors (Lipinski definition) is 5. The van der Waals surface area contributed by atoms with Gasteiger partial charge in [-0.3, -0.25) is 9.78 Å². The Balaban J connectivity index is 1.62. The van der Waals surface area contributed by atoms with Crippen molar-refractivity contribution < 1.29 is 18.0 Å². The highest BCUT2D eigenvalue weighted by molar-refractivity contribution is 5.94. The first-order valence-electron chi connectivity index (χ1n) is 7.28. The van der Waals surface area contributed by atoms with Crippen LogP contribution in [0.3, 0.4) is 0 Å². The van der Waals surface area contributed by atoms with Crippen LogP contribution in [0.2, 0.25) is 0 Å². The zero-order valence-electron chi connectivity index (χ0n) is 12.6. The van der Waals surface area contributed by atoms with E-state index in [-0.39, 0.29) is 11.9 Å². The molecular weight excluding hydrogens is 323 g/mol. The predicted molar refractivity (Wildman–Crippen MR) is 79.4 cm³/mol. The van der Waals surface area contributed by atoms with Crippen molar-refractivity contribution in [1.29, 1.82) is 0 Å². The summed E-state index contributed by atoms with van der Waals surface area (Å²) in [6.07, 6.45) is 0.197. The number of anilines is 1. The Hall–Kier alpha value is -2.71. The van der Waals surface area contributed by atoms with E-state index in [1.54, 1.807) is 28.1 Å². The summed E-state index contributed by atoms with van der Waals surface area (Å²) in [7, 11) is 0. The van der Waals surface area contributed by atoms with Crippen molar-refractivity contribution in [2.45, 2.75) is 6.18 Å². The Bertz CT molecular complexity index is 697. The van der Waals surface area contributed by atoms with Crippen LogP contribution in [0.4, 0.5) is 19.1 Å². The van der Waals surface area contributed by atoms with E-state index in [0.717, 1.165) is 12.4 Å². The van der Waals surface area contributed by atoms with Crippen molar-refractivity contribution in [3.63, 3.8) is 0 Å². The number of halogens is 3. The lowest BCUT2D eigenvalue weighted by Gasteiger charge is -2.34. The minimum absolute atomic E-state index is 0.115. The number of hydrogen-bond donors (Lipinski definition) is 0. The summed E-state index contributed by atoms with van der Waals surface area (Å²) in [5.74, 6) is 0.118. The van der Waals surface area contributed by atoms with Crippen LogP contribution < -0.4 is 4.90 Å². The Kier molecular flexibility index (Phi) is 4.32. The maximum atomic E-state index is 12.5. The van der Waals surface area contributed by atoms with Gasteiger partial charge in [0.15, 0.2) is 0 Å². The molecule has 0 aliphatic carbocycles. The van der Waals surface area contributed by atoms with Crippen LogP contribution >= 0.6 is 0 Å². The Morgan fingerprint density at radius 1 is 1.04 bits per heavy atom. The van der Waals surface area contributed by atoms with Gasteiger partial charge in [0.05, 0.1) is 11.1 Å². The molecule has 0 atom stereocenters. The van der Waals surface area contributed by atoms with Gasteiger partial charge in [0.1, 0.15) is 0 Å². The number of alkyl halides is 3. The van der Waals surface area contributed by atoms with Crippen molar-refractivity contribution in [3.05, 3.63) is 48.0 Å². The van der Waals surface area contributed by atoms with E-state index in [2.05, 4.69) is 15.0 Å². The van der Waals surface area contributed by atoms with E-state index < -0.39 is 11.7 Å². The number of carbonyl (C=O) groups excluding carboxylic acids is 1. The standard InChI is InChI=1S/C15H14F3N5O/c16-15(17,18)12-9-20-14(21-10-12)23-6-4-22(5-7-23)13(24)11-2-1-3-19-8-11/h1-3,8-10H,4-7H2. The van der Waals surface area contributed by atoms with Gasteiger partial charge >= 0.3 is 6.18 Å². The van der Waals surface area contributed by atoms with Crippen LogP contribution in [0.25, 0.3) is 0 Å². The topological polar surface area (TPSA) is 62.2 Å². The number of rotatable bonds is 2. The maximum absolute atomic E-state index is 12.5. The highest BCUT2D eigenvalue weighted by Gasteiger charge is 2.32. The van der Waals surface area contributed by atoms with E-state index in [0.29, 0.717) is 31.7 Å². The van der Waals surface area contributed by atoms with E-state index in [4.69, 9.17) is 0 Å². The van der Waals surface area contributed by atoms with Gasteiger partial charge in [-0.2, -0.15) is 13.2 Å². The molecule has 0 aromatic carbocycles. The number of nitrogens with zero attached hydrogens (tertiary/aromatic N) is 5. The largest absolute Gasteiger partial charge is 0.419 e. The van der Waals surface area contributed by atoms with E-state index in [1.807, 2.05) is 0 Å². The molecule has 0 bridgehead atoms. The minimum Gasteiger partial charge on any atom is -0.337 e. The lowest BCUT2D eigenvalue weighted by atomic mass is 10.2. The summed E-state index contributed by atoms with van der Waals surface area (Å²) in [4.78, 5) is 27.2. The quantitative estimate of drug-likeness (QED) is 0.837. The van der Waals surface area contributed by atoms with E-state index in [1.165, 1.54) is 6.20 Å². The molecule has 3 heterocycles. The lowest BCUT2D eigenvalue weighted by molar-refractivity contribution is -0.138. The number of amides is 1. The number of piperazine rings is 1. The number of pyridine rings is 1. The summed E-state index contributed by atoms with van der Waals surface area (Å²) in [5, 5.41) is 0. The summed E-state index contributed by atoms with van der Waals surface area (Å²) in [6, 6.07) is 3.39. The van der Waals surface area contributed by atoms with Crippen molar-refractivity contribution >= 4 is 11.9 Å². The number of carbonyl (C=O) groups is 1. The molecule has 0 N–H and O–H groups in total. The molecule has 0 radical (unpaired) electrons. The average Bonchev–Trinajstić information content (AvgIpc) is 2.61. The Morgan fingerprint density at radius 2 is 1.71 bits per heavy atom. The third-order valence-electron chi connectivity index (χ3n) is 3.72. The Morgan fingerprint density at radius 3 is 2.25 bits per heavy atom. The van der Waals surface area contributed by atoms with Crippen molar-refractivity contribution in [3.8, 4) is 0 Å². The maximum Gasteiger partial charge on any atom is 0.419 e. The molecule has 1 saturated heterocycles. The van der Waals surface area contributed by atoms with Gasteiger partial charge in [0.25, 0.3) is 5.91 Å². The highest BCUT2D eigenvalue weighted by Crippen LogP contribution is 2.28. The third-order valence-corrected chi connectivity index (χ3v) is 3.72. The molecule has 2 aromatic heterocycles.